The van der Waals surface area contributed by atoms with Crippen LogP contribution in [0.2, 0.25) is 0 Å². The van der Waals surface area contributed by atoms with Crippen molar-refractivity contribution in [3.05, 3.63) is 0 Å². The largest absolute Gasteiger partial charge is 1.00 e. The number of rotatable bonds is 2. The van der Waals surface area contributed by atoms with Crippen LogP contribution in [0.5, 0.6) is 0 Å². The molecular weight excluding hydrogens is 187 g/mol. The molecule has 0 rings (SSSR count). The zero-order valence-corrected chi connectivity index (χ0v) is 10.3. The first-order chi connectivity index (χ1) is 3.06. The van der Waals surface area contributed by atoms with Gasteiger partial charge in [-0.05, 0) is 12.2 Å². The van der Waals surface area contributed by atoms with E-state index in [9.17, 15) is 0 Å². The Kier molecular flexibility index (Phi) is 9.41. The minimum atomic E-state index is -1.42. The molecule has 0 aromatic rings. The van der Waals surface area contributed by atoms with Gasteiger partial charge in [0.15, 0.2) is 0 Å². The zero-order valence-electron chi connectivity index (χ0n) is 5.05. The fourth-order valence-corrected chi connectivity index (χ4v) is 2.25. The van der Waals surface area contributed by atoms with Gasteiger partial charge in [-0.2, -0.15) is 0 Å². The SMILES string of the molecule is CCCS(=S)(=S)[S-].[Na+]. The molecule has 0 aliphatic heterocycles. The Hall–Kier alpha value is 2.14. The molecule has 0 radical (unpaired) electrons. The minimum absolute atomic E-state index is 0. The number of hydrogen-bond acceptors (Lipinski definition) is 3. The smallest absolute Gasteiger partial charge is 0.706 e. The molecule has 0 N–H and O–H groups in total. The molecule has 0 amide bonds. The molecule has 8 heavy (non-hydrogen) atoms. The van der Waals surface area contributed by atoms with E-state index in [2.05, 4.69) is 0 Å². The summed E-state index contributed by atoms with van der Waals surface area (Å²) in [6.45, 7) is 2.05. The van der Waals surface area contributed by atoms with Crippen molar-refractivity contribution in [2.75, 3.05) is 5.75 Å². The Morgan fingerprint density at radius 2 is 1.88 bits per heavy atom. The first kappa shape index (κ1) is 12.8. The van der Waals surface area contributed by atoms with E-state index >= 15 is 0 Å². The van der Waals surface area contributed by atoms with Gasteiger partial charge in [0.05, 0.1) is 0 Å². The molecule has 0 saturated carbocycles. The molecule has 0 aromatic carbocycles. The summed E-state index contributed by atoms with van der Waals surface area (Å²) in [4.78, 5) is 0. The fourth-order valence-electron chi connectivity index (χ4n) is 0.250. The maximum atomic E-state index is 4.80. The van der Waals surface area contributed by atoms with E-state index in [4.69, 9.17) is 34.0 Å². The van der Waals surface area contributed by atoms with Crippen molar-refractivity contribution in [3.63, 3.8) is 0 Å². The predicted octanol–water partition coefficient (Wildman–Crippen LogP) is -2.06. The van der Waals surface area contributed by atoms with Gasteiger partial charge in [0.25, 0.3) is 0 Å². The van der Waals surface area contributed by atoms with Crippen LogP contribution in [0.25, 0.3) is 0 Å². The molecular formula is C3H7NaS4. The van der Waals surface area contributed by atoms with Crippen molar-refractivity contribution >= 4 is 40.2 Å². The molecule has 44 valence electrons. The van der Waals surface area contributed by atoms with Crippen LogP contribution in [0.4, 0.5) is 0 Å². The van der Waals surface area contributed by atoms with E-state index in [0.717, 1.165) is 12.2 Å². The molecule has 0 saturated heterocycles. The Labute approximate surface area is 87.7 Å². The van der Waals surface area contributed by atoms with Crippen molar-refractivity contribution in [1.29, 1.82) is 0 Å². The first-order valence-corrected chi connectivity index (χ1v) is 6.57. The second kappa shape index (κ2) is 5.89. The van der Waals surface area contributed by atoms with Gasteiger partial charge in [-0.15, -0.1) is 0 Å². The Bertz CT molecular complexity index is 124. The van der Waals surface area contributed by atoms with Gasteiger partial charge in [0, 0.05) is 0 Å². The standard InChI is InChI=1S/C3H8S4.Na/c1-2-3-7(4,5)6;/h2-3H2,1H3,(H,4,5,6);/q;+1/p-1. The van der Waals surface area contributed by atoms with E-state index < -0.39 is 6.18 Å². The van der Waals surface area contributed by atoms with Crippen molar-refractivity contribution in [1.82, 2.24) is 0 Å². The Morgan fingerprint density at radius 3 is 1.88 bits per heavy atom. The summed E-state index contributed by atoms with van der Waals surface area (Å²) < 4.78 is 0. The van der Waals surface area contributed by atoms with Crippen LogP contribution in [-0.4, -0.2) is 5.75 Å². The molecule has 0 heterocycles. The third-order valence-corrected chi connectivity index (χ3v) is 2.86. The van der Waals surface area contributed by atoms with Crippen LogP contribution in [0, 0.1) is 0 Å². The van der Waals surface area contributed by atoms with Gasteiger partial charge < -0.3 is 11.7 Å². The predicted molar refractivity (Wildman–Crippen MR) is 44.6 cm³/mol. The molecule has 5 heteroatoms. The van der Waals surface area contributed by atoms with E-state index in [1.165, 1.54) is 0 Å². The molecule has 0 aliphatic rings. The van der Waals surface area contributed by atoms with Crippen molar-refractivity contribution in [2.24, 2.45) is 0 Å². The molecule has 0 bridgehead atoms. The molecule has 0 nitrogen and oxygen atoms in total. The maximum Gasteiger partial charge on any atom is 1.00 e. The van der Waals surface area contributed by atoms with Crippen LogP contribution < -0.4 is 29.6 Å². The van der Waals surface area contributed by atoms with Crippen molar-refractivity contribution in [2.45, 2.75) is 13.3 Å². The Morgan fingerprint density at radius 1 is 1.50 bits per heavy atom. The van der Waals surface area contributed by atoms with Gasteiger partial charge in [0.2, 0.25) is 0 Å². The summed E-state index contributed by atoms with van der Waals surface area (Å²) in [5.74, 6) is 0.868. The molecule has 0 atom stereocenters. The molecule has 0 aromatic heterocycles. The van der Waals surface area contributed by atoms with E-state index in [1.54, 1.807) is 0 Å². The summed E-state index contributed by atoms with van der Waals surface area (Å²) in [6, 6.07) is 0. The summed E-state index contributed by atoms with van der Waals surface area (Å²) in [6.07, 6.45) is -0.391. The maximum absolute atomic E-state index is 4.80. The Balaban J connectivity index is 0. The van der Waals surface area contributed by atoms with Crippen LogP contribution in [0.3, 0.4) is 0 Å². The third kappa shape index (κ3) is 11.0. The summed E-state index contributed by atoms with van der Waals surface area (Å²) >= 11 is 14.4. The van der Waals surface area contributed by atoms with Gasteiger partial charge in [0.1, 0.15) is 0 Å². The van der Waals surface area contributed by atoms with Crippen LogP contribution in [0.1, 0.15) is 13.3 Å². The van der Waals surface area contributed by atoms with Crippen LogP contribution >= 0.6 is 0 Å². The summed E-state index contributed by atoms with van der Waals surface area (Å²) in [5.41, 5.74) is 0. The minimum Gasteiger partial charge on any atom is -0.706 e. The monoisotopic (exact) mass is 194 g/mol. The molecule has 0 spiro atoms. The molecule has 0 aliphatic carbocycles. The second-order valence-corrected chi connectivity index (χ2v) is 9.81. The summed E-state index contributed by atoms with van der Waals surface area (Å²) in [5, 5.41) is 0. The van der Waals surface area contributed by atoms with Crippen LogP contribution in [0.15, 0.2) is 0 Å². The van der Waals surface area contributed by atoms with Gasteiger partial charge in [-0.1, -0.05) is 29.3 Å². The first-order valence-electron chi connectivity index (χ1n) is 2.00. The van der Waals surface area contributed by atoms with Gasteiger partial charge in [-0.25, -0.2) is 6.18 Å². The average molecular weight is 194 g/mol. The normalized spacial score (nSPS) is 10.2. The van der Waals surface area contributed by atoms with Crippen molar-refractivity contribution < 1.29 is 29.6 Å². The van der Waals surface area contributed by atoms with E-state index in [-0.39, 0.29) is 29.6 Å². The second-order valence-electron chi connectivity index (χ2n) is 1.26. The zero-order chi connectivity index (χ0) is 5.91. The van der Waals surface area contributed by atoms with Gasteiger partial charge >= 0.3 is 29.6 Å². The molecule has 0 fully saturated rings. The van der Waals surface area contributed by atoms with Crippen LogP contribution in [-0.2, 0) is 40.2 Å². The fraction of sp³-hybridized carbons (Fsp3) is 1.00. The summed E-state index contributed by atoms with van der Waals surface area (Å²) in [7, 11) is 0. The average Bonchev–Trinajstić information content (AvgIpc) is 1.30. The van der Waals surface area contributed by atoms with E-state index in [1.807, 2.05) is 6.92 Å². The molecule has 0 unspecified atom stereocenters. The topological polar surface area (TPSA) is 0 Å². The quantitative estimate of drug-likeness (QED) is 0.282. The van der Waals surface area contributed by atoms with Gasteiger partial charge in [-0.3, -0.25) is 0 Å². The number of hydrogen-bond donors (Lipinski definition) is 0. The van der Waals surface area contributed by atoms with E-state index in [0.29, 0.717) is 0 Å². The third-order valence-electron chi connectivity index (χ3n) is 0.454. The van der Waals surface area contributed by atoms with Crippen molar-refractivity contribution in [3.8, 4) is 0 Å².